The van der Waals surface area contributed by atoms with Gasteiger partial charge >= 0.3 is 0 Å². The van der Waals surface area contributed by atoms with Crippen LogP contribution in [-0.4, -0.2) is 47.2 Å². The molecule has 7 nitrogen and oxygen atoms in total. The molecule has 2 aromatic heterocycles. The second kappa shape index (κ2) is 6.59. The summed E-state index contributed by atoms with van der Waals surface area (Å²) in [5.74, 6) is 0.522. The van der Waals surface area contributed by atoms with Gasteiger partial charge in [-0.3, -0.25) is 4.79 Å². The number of carbonyl (C=O) groups is 1. The third-order valence-electron chi connectivity index (χ3n) is 3.74. The maximum atomic E-state index is 12.4. The Kier molecular flexibility index (Phi) is 4.53. The minimum atomic E-state index is -0.168. The lowest BCUT2D eigenvalue weighted by Crippen LogP contribution is -2.37. The molecule has 3 heterocycles. The molecule has 1 amide bonds. The van der Waals surface area contributed by atoms with Crippen LogP contribution in [0, 0.1) is 20.8 Å². The highest BCUT2D eigenvalue weighted by molar-refractivity contribution is 7.12. The van der Waals surface area contributed by atoms with Gasteiger partial charge in [0.25, 0.3) is 5.91 Å². The van der Waals surface area contributed by atoms with E-state index in [4.69, 9.17) is 4.74 Å². The second-order valence-corrected chi connectivity index (χ2v) is 6.24. The monoisotopic (exact) mass is 333 g/mol. The number of rotatable bonds is 3. The number of hydrogen-bond donors (Lipinski definition) is 1. The van der Waals surface area contributed by atoms with Gasteiger partial charge in [0.05, 0.1) is 41.5 Å². The van der Waals surface area contributed by atoms with Gasteiger partial charge in [-0.1, -0.05) is 0 Å². The second-order valence-electron chi connectivity index (χ2n) is 5.39. The first-order chi connectivity index (χ1) is 11.1. The van der Waals surface area contributed by atoms with E-state index in [2.05, 4.69) is 25.2 Å². The zero-order valence-electron chi connectivity index (χ0n) is 13.4. The fraction of sp³-hybridized carbons (Fsp3) is 0.467. The average Bonchev–Trinajstić information content (AvgIpc) is 2.97. The quantitative estimate of drug-likeness (QED) is 0.925. The third-order valence-corrected chi connectivity index (χ3v) is 4.67. The molecule has 2 aromatic rings. The molecule has 0 unspecified atom stereocenters. The number of thiazole rings is 1. The minimum absolute atomic E-state index is 0.168. The number of anilines is 2. The molecule has 23 heavy (non-hydrogen) atoms. The predicted molar refractivity (Wildman–Crippen MR) is 89.3 cm³/mol. The summed E-state index contributed by atoms with van der Waals surface area (Å²) in [7, 11) is 0. The van der Waals surface area contributed by atoms with Crippen LogP contribution in [-0.2, 0) is 4.74 Å². The fourth-order valence-electron chi connectivity index (χ4n) is 2.47. The van der Waals surface area contributed by atoms with E-state index in [1.54, 1.807) is 5.51 Å². The smallest absolute Gasteiger partial charge is 0.267 e. The molecule has 0 radical (unpaired) electrons. The Hall–Kier alpha value is -2.06. The Balaban J connectivity index is 1.83. The Morgan fingerprint density at radius 3 is 2.39 bits per heavy atom. The van der Waals surface area contributed by atoms with Gasteiger partial charge in [-0.15, -0.1) is 11.3 Å². The highest BCUT2D eigenvalue weighted by atomic mass is 32.1. The molecule has 122 valence electrons. The van der Waals surface area contributed by atoms with Gasteiger partial charge < -0.3 is 15.0 Å². The predicted octanol–water partition coefficient (Wildman–Crippen LogP) is 1.95. The SMILES string of the molecule is Cc1ncsc1C(=O)Nc1c(C)nc(N2CCOCC2)nc1C. The molecule has 0 atom stereocenters. The topological polar surface area (TPSA) is 80.2 Å². The highest BCUT2D eigenvalue weighted by Crippen LogP contribution is 2.23. The van der Waals surface area contributed by atoms with Crippen molar-refractivity contribution in [1.82, 2.24) is 15.0 Å². The van der Waals surface area contributed by atoms with Gasteiger partial charge in [0.1, 0.15) is 4.88 Å². The van der Waals surface area contributed by atoms with Crippen molar-refractivity contribution in [1.29, 1.82) is 0 Å². The molecule has 1 saturated heterocycles. The fourth-order valence-corrected chi connectivity index (χ4v) is 3.17. The first-order valence-corrected chi connectivity index (χ1v) is 8.33. The van der Waals surface area contributed by atoms with E-state index < -0.39 is 0 Å². The van der Waals surface area contributed by atoms with E-state index in [1.807, 2.05) is 20.8 Å². The lowest BCUT2D eigenvalue weighted by Gasteiger charge is -2.27. The van der Waals surface area contributed by atoms with Crippen LogP contribution in [0.2, 0.25) is 0 Å². The first kappa shape index (κ1) is 15.8. The molecule has 1 N–H and O–H groups in total. The van der Waals surface area contributed by atoms with Crippen molar-refractivity contribution >= 4 is 28.9 Å². The van der Waals surface area contributed by atoms with Crippen LogP contribution in [0.15, 0.2) is 5.51 Å². The number of morpholine rings is 1. The number of amides is 1. The number of hydrogen-bond acceptors (Lipinski definition) is 7. The van der Waals surface area contributed by atoms with Crippen LogP contribution >= 0.6 is 11.3 Å². The van der Waals surface area contributed by atoms with Gasteiger partial charge in [-0.2, -0.15) is 0 Å². The molecular weight excluding hydrogens is 314 g/mol. The standard InChI is InChI=1S/C15H19N5O2S/c1-9-12(19-14(21)13-11(3)16-8-23-13)10(2)18-15(17-9)20-4-6-22-7-5-20/h8H,4-7H2,1-3H3,(H,19,21). The van der Waals surface area contributed by atoms with E-state index >= 15 is 0 Å². The lowest BCUT2D eigenvalue weighted by atomic mass is 10.2. The van der Waals surface area contributed by atoms with Crippen molar-refractivity contribution in [2.75, 3.05) is 36.5 Å². The zero-order chi connectivity index (χ0) is 16.4. The summed E-state index contributed by atoms with van der Waals surface area (Å²) in [5, 5.41) is 2.92. The third kappa shape index (κ3) is 3.32. The van der Waals surface area contributed by atoms with Crippen molar-refractivity contribution in [3.05, 3.63) is 27.5 Å². The lowest BCUT2D eigenvalue weighted by molar-refractivity contribution is 0.102. The Morgan fingerprint density at radius 1 is 1.17 bits per heavy atom. The summed E-state index contributed by atoms with van der Waals surface area (Å²) in [6.07, 6.45) is 0. The molecule has 8 heteroatoms. The largest absolute Gasteiger partial charge is 0.378 e. The summed E-state index contributed by atoms with van der Waals surface area (Å²) in [6, 6.07) is 0. The van der Waals surface area contributed by atoms with Crippen molar-refractivity contribution in [3.8, 4) is 0 Å². The van der Waals surface area contributed by atoms with Crippen LogP contribution < -0.4 is 10.2 Å². The van der Waals surface area contributed by atoms with Crippen LogP contribution in [0.5, 0.6) is 0 Å². The zero-order valence-corrected chi connectivity index (χ0v) is 14.2. The summed E-state index contributed by atoms with van der Waals surface area (Å²) in [4.78, 5) is 28.3. The number of nitrogens with zero attached hydrogens (tertiary/aromatic N) is 4. The summed E-state index contributed by atoms with van der Waals surface area (Å²) >= 11 is 1.33. The minimum Gasteiger partial charge on any atom is -0.378 e. The van der Waals surface area contributed by atoms with Crippen molar-refractivity contribution in [2.45, 2.75) is 20.8 Å². The van der Waals surface area contributed by atoms with Gasteiger partial charge in [-0.05, 0) is 20.8 Å². The molecule has 1 fully saturated rings. The van der Waals surface area contributed by atoms with Gasteiger partial charge in [0, 0.05) is 13.1 Å². The van der Waals surface area contributed by atoms with E-state index in [1.165, 1.54) is 11.3 Å². The highest BCUT2D eigenvalue weighted by Gasteiger charge is 2.19. The van der Waals surface area contributed by atoms with Gasteiger partial charge in [-0.25, -0.2) is 15.0 Å². The van der Waals surface area contributed by atoms with Crippen LogP contribution in [0.1, 0.15) is 26.8 Å². The maximum absolute atomic E-state index is 12.4. The summed E-state index contributed by atoms with van der Waals surface area (Å²) in [6.45, 7) is 8.52. The van der Waals surface area contributed by atoms with E-state index in [9.17, 15) is 4.79 Å². The molecule has 0 aliphatic carbocycles. The van der Waals surface area contributed by atoms with Crippen molar-refractivity contribution in [2.24, 2.45) is 0 Å². The summed E-state index contributed by atoms with van der Waals surface area (Å²) in [5.41, 5.74) is 4.58. The molecule has 0 saturated carbocycles. The molecule has 1 aliphatic rings. The number of aryl methyl sites for hydroxylation is 3. The number of ether oxygens (including phenoxy) is 1. The Morgan fingerprint density at radius 2 is 1.83 bits per heavy atom. The number of nitrogens with one attached hydrogen (secondary N) is 1. The van der Waals surface area contributed by atoms with Crippen molar-refractivity contribution in [3.63, 3.8) is 0 Å². The molecule has 1 aliphatic heterocycles. The molecular formula is C15H19N5O2S. The van der Waals surface area contributed by atoms with Gasteiger partial charge in [0.15, 0.2) is 0 Å². The maximum Gasteiger partial charge on any atom is 0.267 e. The molecule has 0 aromatic carbocycles. The number of aromatic nitrogens is 3. The van der Waals surface area contributed by atoms with Crippen LogP contribution in [0.25, 0.3) is 0 Å². The van der Waals surface area contributed by atoms with Gasteiger partial charge in [0.2, 0.25) is 5.95 Å². The van der Waals surface area contributed by atoms with Crippen LogP contribution in [0.4, 0.5) is 11.6 Å². The van der Waals surface area contributed by atoms with Crippen molar-refractivity contribution < 1.29 is 9.53 Å². The van der Waals surface area contributed by atoms with E-state index in [0.717, 1.165) is 30.2 Å². The molecule has 0 spiro atoms. The van der Waals surface area contributed by atoms with Crippen LogP contribution in [0.3, 0.4) is 0 Å². The molecule has 0 bridgehead atoms. The Bertz CT molecular complexity index is 701. The molecule has 3 rings (SSSR count). The average molecular weight is 333 g/mol. The van der Waals surface area contributed by atoms with E-state index in [0.29, 0.717) is 29.7 Å². The Labute approximate surface area is 138 Å². The van der Waals surface area contributed by atoms with E-state index in [-0.39, 0.29) is 5.91 Å². The first-order valence-electron chi connectivity index (χ1n) is 7.45. The normalized spacial score (nSPS) is 14.8. The number of carbonyl (C=O) groups excluding carboxylic acids is 1. The summed E-state index contributed by atoms with van der Waals surface area (Å²) < 4.78 is 5.35.